The molecule has 2 nitrogen and oxygen atoms in total. The quantitative estimate of drug-likeness (QED) is 0.653. The van der Waals surface area contributed by atoms with Crippen molar-refractivity contribution >= 4 is 5.78 Å². The third-order valence-electron chi connectivity index (χ3n) is 3.18. The van der Waals surface area contributed by atoms with Crippen molar-refractivity contribution in [3.63, 3.8) is 0 Å². The predicted molar refractivity (Wildman–Crippen MR) is 61.9 cm³/mol. The van der Waals surface area contributed by atoms with Crippen molar-refractivity contribution in [1.82, 2.24) is 0 Å². The molecule has 0 spiro atoms. The van der Waals surface area contributed by atoms with Gasteiger partial charge in [-0.15, -0.1) is 0 Å². The molecule has 1 saturated heterocycles. The van der Waals surface area contributed by atoms with Crippen molar-refractivity contribution in [3.8, 4) is 0 Å². The Morgan fingerprint density at radius 3 is 2.73 bits per heavy atom. The maximum atomic E-state index is 11.9. The Hall–Kier alpha value is -0.370. The van der Waals surface area contributed by atoms with Crippen LogP contribution in [0.1, 0.15) is 59.3 Å². The van der Waals surface area contributed by atoms with Gasteiger partial charge in [-0.05, 0) is 33.1 Å². The first-order valence-corrected chi connectivity index (χ1v) is 6.22. The van der Waals surface area contributed by atoms with E-state index in [-0.39, 0.29) is 11.5 Å². The van der Waals surface area contributed by atoms with Gasteiger partial charge in [-0.1, -0.05) is 19.8 Å². The molecule has 0 saturated carbocycles. The average Bonchev–Trinajstić information content (AvgIpc) is 2.16. The van der Waals surface area contributed by atoms with Crippen LogP contribution in [-0.2, 0) is 9.53 Å². The zero-order chi connectivity index (χ0) is 11.3. The topological polar surface area (TPSA) is 26.3 Å². The Morgan fingerprint density at radius 2 is 2.13 bits per heavy atom. The number of ketones is 1. The molecule has 1 aliphatic rings. The van der Waals surface area contributed by atoms with Gasteiger partial charge in [0.15, 0.2) is 0 Å². The fraction of sp³-hybridized carbons (Fsp3) is 0.923. The van der Waals surface area contributed by atoms with Crippen LogP contribution in [-0.4, -0.2) is 18.0 Å². The van der Waals surface area contributed by atoms with Gasteiger partial charge in [-0.2, -0.15) is 0 Å². The molecular formula is C13H24O2. The summed E-state index contributed by atoms with van der Waals surface area (Å²) in [7, 11) is 0. The highest BCUT2D eigenvalue weighted by Crippen LogP contribution is 2.30. The van der Waals surface area contributed by atoms with Crippen molar-refractivity contribution < 1.29 is 9.53 Å². The molecule has 15 heavy (non-hydrogen) atoms. The smallest absolute Gasteiger partial charge is 0.136 e. The highest BCUT2D eigenvalue weighted by molar-refractivity contribution is 5.81. The first-order chi connectivity index (χ1) is 7.05. The second-order valence-electron chi connectivity index (χ2n) is 5.22. The number of ether oxygens (including phenoxy) is 1. The van der Waals surface area contributed by atoms with Crippen LogP contribution in [0.5, 0.6) is 0 Å². The molecule has 0 radical (unpaired) electrons. The maximum Gasteiger partial charge on any atom is 0.136 e. The van der Waals surface area contributed by atoms with Crippen LogP contribution in [0.4, 0.5) is 0 Å². The molecule has 0 N–H and O–H groups in total. The van der Waals surface area contributed by atoms with Crippen molar-refractivity contribution in [2.45, 2.75) is 64.9 Å². The van der Waals surface area contributed by atoms with Gasteiger partial charge < -0.3 is 4.74 Å². The van der Waals surface area contributed by atoms with Crippen molar-refractivity contribution in [1.29, 1.82) is 0 Å². The van der Waals surface area contributed by atoms with E-state index < -0.39 is 0 Å². The van der Waals surface area contributed by atoms with Gasteiger partial charge in [0.1, 0.15) is 5.78 Å². The Kier molecular flexibility index (Phi) is 4.78. The van der Waals surface area contributed by atoms with Crippen LogP contribution in [0.3, 0.4) is 0 Å². The first-order valence-electron chi connectivity index (χ1n) is 6.22. The molecule has 0 aliphatic carbocycles. The molecule has 88 valence electrons. The van der Waals surface area contributed by atoms with E-state index in [2.05, 4.69) is 20.8 Å². The Bertz CT molecular complexity index is 209. The van der Waals surface area contributed by atoms with Gasteiger partial charge in [0, 0.05) is 18.9 Å². The molecule has 0 aromatic carbocycles. The van der Waals surface area contributed by atoms with E-state index in [0.717, 1.165) is 32.3 Å². The molecule has 0 aromatic rings. The van der Waals surface area contributed by atoms with Crippen LogP contribution in [0.15, 0.2) is 0 Å². The summed E-state index contributed by atoms with van der Waals surface area (Å²) < 4.78 is 5.62. The van der Waals surface area contributed by atoms with E-state index in [9.17, 15) is 4.79 Å². The number of unbranched alkanes of at least 4 members (excludes halogenated alkanes) is 2. The van der Waals surface area contributed by atoms with E-state index in [1.165, 1.54) is 12.8 Å². The van der Waals surface area contributed by atoms with E-state index in [0.29, 0.717) is 5.78 Å². The standard InChI is InChI=1S/C13H24O2/c1-4-5-6-7-12(14)11-8-9-15-13(2,3)10-11/h11H,4-10H2,1-3H3/t11-/m1/s1. The molecule has 0 bridgehead atoms. The third-order valence-corrected chi connectivity index (χ3v) is 3.18. The number of carbonyl (C=O) groups excluding carboxylic acids is 1. The summed E-state index contributed by atoms with van der Waals surface area (Å²) in [5.74, 6) is 0.713. The van der Waals surface area contributed by atoms with Gasteiger partial charge >= 0.3 is 0 Å². The SMILES string of the molecule is CCCCCC(=O)[C@@H]1CCOC(C)(C)C1. The van der Waals surface area contributed by atoms with Gasteiger partial charge in [-0.3, -0.25) is 4.79 Å². The summed E-state index contributed by atoms with van der Waals surface area (Å²) in [5, 5.41) is 0. The average molecular weight is 212 g/mol. The van der Waals surface area contributed by atoms with Crippen LogP contribution in [0.2, 0.25) is 0 Å². The summed E-state index contributed by atoms with van der Waals surface area (Å²) in [5.41, 5.74) is -0.0939. The van der Waals surface area contributed by atoms with Crippen LogP contribution < -0.4 is 0 Å². The summed E-state index contributed by atoms with van der Waals surface area (Å²) in [4.78, 5) is 11.9. The van der Waals surface area contributed by atoms with Crippen molar-refractivity contribution in [3.05, 3.63) is 0 Å². The molecule has 1 aliphatic heterocycles. The van der Waals surface area contributed by atoms with E-state index >= 15 is 0 Å². The summed E-state index contributed by atoms with van der Waals surface area (Å²) in [6.07, 6.45) is 6.03. The van der Waals surface area contributed by atoms with Gasteiger partial charge in [0.05, 0.1) is 5.60 Å². The summed E-state index contributed by atoms with van der Waals surface area (Å²) >= 11 is 0. The van der Waals surface area contributed by atoms with Crippen molar-refractivity contribution in [2.24, 2.45) is 5.92 Å². The molecule has 1 atom stereocenters. The number of rotatable bonds is 5. The second kappa shape index (κ2) is 5.64. The van der Waals surface area contributed by atoms with E-state index in [1.54, 1.807) is 0 Å². The number of hydrogen-bond acceptors (Lipinski definition) is 2. The summed E-state index contributed by atoms with van der Waals surface area (Å²) in [6, 6.07) is 0. The molecule has 1 rings (SSSR count). The van der Waals surface area contributed by atoms with Gasteiger partial charge in [0.25, 0.3) is 0 Å². The lowest BCUT2D eigenvalue weighted by atomic mass is 9.84. The minimum atomic E-state index is -0.0939. The fourth-order valence-corrected chi connectivity index (χ4v) is 2.26. The third kappa shape index (κ3) is 4.33. The Balaban J connectivity index is 2.32. The van der Waals surface area contributed by atoms with Crippen molar-refractivity contribution in [2.75, 3.05) is 6.61 Å². The van der Waals surface area contributed by atoms with Crippen LogP contribution in [0, 0.1) is 5.92 Å². The maximum absolute atomic E-state index is 11.9. The van der Waals surface area contributed by atoms with E-state index in [1.807, 2.05) is 0 Å². The minimum absolute atomic E-state index is 0.0939. The van der Waals surface area contributed by atoms with Crippen LogP contribution in [0.25, 0.3) is 0 Å². The first kappa shape index (κ1) is 12.7. The zero-order valence-electron chi connectivity index (χ0n) is 10.3. The van der Waals surface area contributed by atoms with Gasteiger partial charge in [-0.25, -0.2) is 0 Å². The largest absolute Gasteiger partial charge is 0.376 e. The Morgan fingerprint density at radius 1 is 1.40 bits per heavy atom. The normalized spacial score (nSPS) is 25.1. The lowest BCUT2D eigenvalue weighted by Crippen LogP contribution is -2.37. The molecule has 0 unspecified atom stereocenters. The minimum Gasteiger partial charge on any atom is -0.376 e. The highest BCUT2D eigenvalue weighted by Gasteiger charge is 2.32. The second-order valence-corrected chi connectivity index (χ2v) is 5.22. The summed E-state index contributed by atoms with van der Waals surface area (Å²) in [6.45, 7) is 7.08. The zero-order valence-corrected chi connectivity index (χ0v) is 10.3. The number of Topliss-reactive ketones (excluding diaryl/α,β-unsaturated/α-hetero) is 1. The van der Waals surface area contributed by atoms with Crippen LogP contribution >= 0.6 is 0 Å². The monoisotopic (exact) mass is 212 g/mol. The lowest BCUT2D eigenvalue weighted by molar-refractivity contribution is -0.133. The lowest BCUT2D eigenvalue weighted by Gasteiger charge is -2.34. The molecule has 0 amide bonds. The fourth-order valence-electron chi connectivity index (χ4n) is 2.26. The number of carbonyl (C=O) groups is 1. The highest BCUT2D eigenvalue weighted by atomic mass is 16.5. The molecule has 1 fully saturated rings. The van der Waals surface area contributed by atoms with Gasteiger partial charge in [0.2, 0.25) is 0 Å². The van der Waals surface area contributed by atoms with E-state index in [4.69, 9.17) is 4.74 Å². The molecule has 1 heterocycles. The molecule has 0 aromatic heterocycles. The molecule has 2 heteroatoms. The Labute approximate surface area is 93.4 Å². The number of hydrogen-bond donors (Lipinski definition) is 0. The molecular weight excluding hydrogens is 188 g/mol. The predicted octanol–water partition coefficient (Wildman–Crippen LogP) is 3.34.